The zero-order valence-electron chi connectivity index (χ0n) is 16.0. The highest BCUT2D eigenvalue weighted by molar-refractivity contribution is 7.90. The molecule has 7 nitrogen and oxygen atoms in total. The number of alkyl halides is 3. The summed E-state index contributed by atoms with van der Waals surface area (Å²) in [4.78, 5) is 25.4. The van der Waals surface area contributed by atoms with Crippen LogP contribution >= 0.6 is 0 Å². The van der Waals surface area contributed by atoms with Crippen LogP contribution in [0.25, 0.3) is 0 Å². The third-order valence-corrected chi connectivity index (χ3v) is 6.09. The number of sulfonamides is 1. The van der Waals surface area contributed by atoms with Crippen molar-refractivity contribution < 1.29 is 36.3 Å². The average molecular weight is 416 g/mol. The number of halogens is 3. The lowest BCUT2D eigenvalue weighted by atomic mass is 9.73. The number of carbonyl (C=O) groups is 2. The molecule has 27 heavy (non-hydrogen) atoms. The lowest BCUT2D eigenvalue weighted by Crippen LogP contribution is -2.59. The molecular formula is C16H27F3N2O5S. The molecule has 1 aliphatic rings. The fourth-order valence-corrected chi connectivity index (χ4v) is 3.98. The van der Waals surface area contributed by atoms with Crippen LogP contribution < -0.4 is 4.72 Å². The van der Waals surface area contributed by atoms with Gasteiger partial charge in [-0.1, -0.05) is 34.6 Å². The van der Waals surface area contributed by atoms with E-state index in [0.717, 1.165) is 4.90 Å². The largest absolute Gasteiger partial charge is 0.511 e. The van der Waals surface area contributed by atoms with E-state index in [9.17, 15) is 36.3 Å². The molecule has 11 heteroatoms. The van der Waals surface area contributed by atoms with Crippen molar-refractivity contribution in [3.63, 3.8) is 0 Å². The van der Waals surface area contributed by atoms with E-state index in [1.807, 2.05) is 20.8 Å². The molecule has 1 saturated heterocycles. The Kier molecular flexibility index (Phi) is 6.96. The van der Waals surface area contributed by atoms with Crippen molar-refractivity contribution in [2.24, 2.45) is 17.3 Å². The fourth-order valence-electron chi connectivity index (χ4n) is 3.13. The summed E-state index contributed by atoms with van der Waals surface area (Å²) in [5, 5.41) is 9.51. The molecule has 0 radical (unpaired) electrons. The Morgan fingerprint density at radius 1 is 1.19 bits per heavy atom. The molecule has 0 aromatic rings. The maximum absolute atomic E-state index is 12.8. The Morgan fingerprint density at radius 3 is 2.07 bits per heavy atom. The molecule has 1 aliphatic heterocycles. The van der Waals surface area contributed by atoms with Gasteiger partial charge in [-0.05, 0) is 30.1 Å². The summed E-state index contributed by atoms with van der Waals surface area (Å²) >= 11 is 0. The molecule has 3 atom stereocenters. The summed E-state index contributed by atoms with van der Waals surface area (Å²) in [6.07, 6.45) is 0.636. The van der Waals surface area contributed by atoms with Crippen molar-refractivity contribution in [2.45, 2.75) is 65.1 Å². The predicted molar refractivity (Wildman–Crippen MR) is 92.1 cm³/mol. The van der Waals surface area contributed by atoms with Crippen LogP contribution in [0.1, 0.15) is 47.5 Å². The Hall–Kier alpha value is -1.36. The third kappa shape index (κ3) is 5.56. The molecule has 1 heterocycles. The minimum Gasteiger partial charge on any atom is -0.480 e. The first-order chi connectivity index (χ1) is 12.0. The van der Waals surface area contributed by atoms with Gasteiger partial charge < -0.3 is 10.0 Å². The third-order valence-electron chi connectivity index (χ3n) is 4.91. The number of rotatable bonds is 5. The van der Waals surface area contributed by atoms with Gasteiger partial charge in [0.25, 0.3) is 0 Å². The Morgan fingerprint density at radius 2 is 1.70 bits per heavy atom. The number of likely N-dealkylation sites (tertiary alicyclic amines) is 1. The van der Waals surface area contributed by atoms with Crippen molar-refractivity contribution >= 4 is 21.9 Å². The average Bonchev–Trinajstić information content (AvgIpc) is 2.49. The molecule has 2 N–H and O–H groups in total. The minimum atomic E-state index is -5.74. The Labute approximate surface area is 157 Å². The maximum Gasteiger partial charge on any atom is 0.511 e. The maximum atomic E-state index is 12.8. The van der Waals surface area contributed by atoms with E-state index in [1.165, 1.54) is 18.6 Å². The molecular weight excluding hydrogens is 389 g/mol. The van der Waals surface area contributed by atoms with Gasteiger partial charge in [0.1, 0.15) is 12.1 Å². The van der Waals surface area contributed by atoms with Gasteiger partial charge in [0.05, 0.1) is 0 Å². The SMILES string of the molecule is CC(C)[C@H](NS(=O)(=O)C(F)(F)F)C(=O)N1CC[C@H](C(C)(C)C)C[C@@H]1C(=O)O. The second kappa shape index (κ2) is 7.94. The van der Waals surface area contributed by atoms with Crippen LogP contribution in [-0.2, 0) is 19.6 Å². The normalized spacial score (nSPS) is 23.4. The highest BCUT2D eigenvalue weighted by atomic mass is 32.2. The predicted octanol–water partition coefficient (Wildman–Crippen LogP) is 2.19. The van der Waals surface area contributed by atoms with Gasteiger partial charge in [0.2, 0.25) is 5.91 Å². The number of nitrogens with zero attached hydrogens (tertiary/aromatic N) is 1. The Bertz CT molecular complexity index is 671. The number of aliphatic carboxylic acids is 1. The van der Waals surface area contributed by atoms with Gasteiger partial charge in [0.15, 0.2) is 0 Å². The smallest absolute Gasteiger partial charge is 0.480 e. The van der Waals surface area contributed by atoms with E-state index in [2.05, 4.69) is 0 Å². The van der Waals surface area contributed by atoms with Crippen molar-refractivity contribution in [3.05, 3.63) is 0 Å². The number of amides is 1. The zero-order valence-corrected chi connectivity index (χ0v) is 16.8. The first-order valence-corrected chi connectivity index (χ1v) is 10.1. The summed E-state index contributed by atoms with van der Waals surface area (Å²) in [5.41, 5.74) is -5.76. The van der Waals surface area contributed by atoms with Crippen molar-refractivity contribution in [1.82, 2.24) is 9.62 Å². The molecule has 0 unspecified atom stereocenters. The van der Waals surface area contributed by atoms with Crippen LogP contribution in [-0.4, -0.2) is 54.4 Å². The van der Waals surface area contributed by atoms with Gasteiger partial charge in [-0.2, -0.15) is 17.9 Å². The number of hydrogen-bond donors (Lipinski definition) is 2. The highest BCUT2D eigenvalue weighted by Gasteiger charge is 2.49. The van der Waals surface area contributed by atoms with E-state index in [0.29, 0.717) is 6.42 Å². The van der Waals surface area contributed by atoms with Crippen molar-refractivity contribution in [2.75, 3.05) is 6.54 Å². The first-order valence-electron chi connectivity index (χ1n) is 8.61. The van der Waals surface area contributed by atoms with E-state index in [-0.39, 0.29) is 24.3 Å². The van der Waals surface area contributed by atoms with Crippen LogP contribution in [0.15, 0.2) is 0 Å². The van der Waals surface area contributed by atoms with Gasteiger partial charge in [-0.3, -0.25) is 4.79 Å². The molecule has 0 spiro atoms. The van der Waals surface area contributed by atoms with Crippen LogP contribution in [0, 0.1) is 17.3 Å². The summed E-state index contributed by atoms with van der Waals surface area (Å²) in [6.45, 7) is 8.65. The number of hydrogen-bond acceptors (Lipinski definition) is 4. The van der Waals surface area contributed by atoms with E-state index < -0.39 is 45.4 Å². The van der Waals surface area contributed by atoms with Crippen LogP contribution in [0.2, 0.25) is 0 Å². The molecule has 1 fully saturated rings. The topological polar surface area (TPSA) is 104 Å². The molecule has 0 saturated carbocycles. The fraction of sp³-hybridized carbons (Fsp3) is 0.875. The number of carboxylic acids is 1. The molecule has 0 aliphatic carbocycles. The minimum absolute atomic E-state index is 0.00650. The molecule has 1 rings (SSSR count). The summed E-state index contributed by atoms with van der Waals surface area (Å²) in [6, 6.07) is -2.92. The van der Waals surface area contributed by atoms with Gasteiger partial charge >= 0.3 is 21.5 Å². The molecule has 1 amide bonds. The number of piperidine rings is 1. The molecule has 158 valence electrons. The summed E-state index contributed by atoms with van der Waals surface area (Å²) < 4.78 is 62.3. The lowest BCUT2D eigenvalue weighted by Gasteiger charge is -2.43. The zero-order chi connectivity index (χ0) is 21.4. The summed E-state index contributed by atoms with van der Waals surface area (Å²) in [7, 11) is -5.74. The van der Waals surface area contributed by atoms with E-state index in [4.69, 9.17) is 0 Å². The van der Waals surface area contributed by atoms with E-state index in [1.54, 1.807) is 0 Å². The van der Waals surface area contributed by atoms with E-state index >= 15 is 0 Å². The van der Waals surface area contributed by atoms with Gasteiger partial charge in [0, 0.05) is 6.54 Å². The number of carbonyl (C=O) groups excluding carboxylic acids is 1. The molecule has 0 aromatic carbocycles. The molecule has 0 bridgehead atoms. The first kappa shape index (κ1) is 23.7. The second-order valence-corrected chi connectivity index (χ2v) is 9.97. The summed E-state index contributed by atoms with van der Waals surface area (Å²) in [5.74, 6) is -3.02. The van der Waals surface area contributed by atoms with Gasteiger partial charge in [-0.25, -0.2) is 13.2 Å². The molecule has 0 aromatic heterocycles. The number of nitrogens with one attached hydrogen (secondary N) is 1. The van der Waals surface area contributed by atoms with Crippen LogP contribution in [0.5, 0.6) is 0 Å². The monoisotopic (exact) mass is 416 g/mol. The highest BCUT2D eigenvalue weighted by Crippen LogP contribution is 2.37. The van der Waals surface area contributed by atoms with Gasteiger partial charge in [-0.15, -0.1) is 0 Å². The lowest BCUT2D eigenvalue weighted by molar-refractivity contribution is -0.155. The van der Waals surface area contributed by atoms with Crippen molar-refractivity contribution in [1.29, 1.82) is 0 Å². The Balaban J connectivity index is 3.13. The second-order valence-electron chi connectivity index (χ2n) is 8.26. The quantitative estimate of drug-likeness (QED) is 0.715. The number of carboxylic acid groups (broad SMARTS) is 1. The standard InChI is InChI=1S/C16H27F3N2O5S/c1-9(2)12(20-27(25,26)16(17,18)19)13(22)21-7-6-10(15(3,4)5)8-11(21)14(23)24/h9-12,20H,6-8H2,1-5H3,(H,23,24)/t10-,11+,12-/m0/s1. The van der Waals surface area contributed by atoms with Crippen LogP contribution in [0.3, 0.4) is 0 Å². The van der Waals surface area contributed by atoms with Crippen molar-refractivity contribution in [3.8, 4) is 0 Å². The van der Waals surface area contributed by atoms with Crippen LogP contribution in [0.4, 0.5) is 13.2 Å².